The number of carbonyl (C=O) groups excluding carboxylic acids is 1. The van der Waals surface area contributed by atoms with Gasteiger partial charge >= 0.3 is 0 Å². The molecule has 3 aromatic rings. The molecule has 0 bridgehead atoms. The van der Waals surface area contributed by atoms with Gasteiger partial charge in [0.25, 0.3) is 5.91 Å². The summed E-state index contributed by atoms with van der Waals surface area (Å²) in [5.74, 6) is 2.52. The Balaban J connectivity index is 2.02. The van der Waals surface area contributed by atoms with Crippen LogP contribution in [0.4, 0.5) is 0 Å². The fraction of sp³-hybridized carbons (Fsp3) is 0.273. The van der Waals surface area contributed by atoms with E-state index in [4.69, 9.17) is 6.42 Å². The summed E-state index contributed by atoms with van der Waals surface area (Å²) in [5, 5.41) is 0. The maximum Gasteiger partial charge on any atom is 0.252 e. The zero-order valence-corrected chi connectivity index (χ0v) is 16.2. The van der Waals surface area contributed by atoms with Crippen LogP contribution in [0.25, 0.3) is 10.2 Å². The highest BCUT2D eigenvalue weighted by Gasteiger charge is 2.10. The third-order valence-corrected chi connectivity index (χ3v) is 5.51. The van der Waals surface area contributed by atoms with Crippen LogP contribution in [0.2, 0.25) is 0 Å². The van der Waals surface area contributed by atoms with Crippen LogP contribution in [0.1, 0.15) is 29.2 Å². The smallest absolute Gasteiger partial charge is 0.252 e. The van der Waals surface area contributed by atoms with Crippen LogP contribution >= 0.6 is 11.3 Å². The first kappa shape index (κ1) is 18.2. The summed E-state index contributed by atoms with van der Waals surface area (Å²) >= 11 is 1.52. The number of terminal acetylenes is 1. The lowest BCUT2D eigenvalue weighted by Gasteiger charge is -2.04. The topological polar surface area (TPSA) is 34.4 Å². The average molecular weight is 362 g/mol. The van der Waals surface area contributed by atoms with E-state index in [1.807, 2.05) is 24.5 Å². The minimum Gasteiger partial charge on any atom is -0.305 e. The highest BCUT2D eigenvalue weighted by atomic mass is 32.1. The Morgan fingerprint density at radius 1 is 1.23 bits per heavy atom. The molecule has 0 aliphatic heterocycles. The summed E-state index contributed by atoms with van der Waals surface area (Å²) in [6.07, 6.45) is 6.81. The van der Waals surface area contributed by atoms with Gasteiger partial charge in [-0.2, -0.15) is 4.99 Å². The highest BCUT2D eigenvalue weighted by Crippen LogP contribution is 2.20. The number of nitrogens with zero attached hydrogens (tertiary/aromatic N) is 2. The predicted octanol–water partition coefficient (Wildman–Crippen LogP) is 4.19. The molecule has 0 radical (unpaired) electrons. The number of hydrogen-bond donors (Lipinski definition) is 0. The van der Waals surface area contributed by atoms with Gasteiger partial charge in [-0.25, -0.2) is 0 Å². The minimum atomic E-state index is -0.147. The number of carbonyl (C=O) groups is 1. The molecular weight excluding hydrogens is 340 g/mol. The fourth-order valence-electron chi connectivity index (χ4n) is 2.97. The maximum atomic E-state index is 12.6. The van der Waals surface area contributed by atoms with E-state index in [1.165, 1.54) is 16.9 Å². The number of hydrogen-bond acceptors (Lipinski definition) is 2. The van der Waals surface area contributed by atoms with E-state index in [-0.39, 0.29) is 5.91 Å². The van der Waals surface area contributed by atoms with Gasteiger partial charge in [0.15, 0.2) is 4.80 Å². The summed E-state index contributed by atoms with van der Waals surface area (Å²) in [5.41, 5.74) is 5.58. The second kappa shape index (κ2) is 7.72. The molecule has 3 nitrogen and oxygen atoms in total. The van der Waals surface area contributed by atoms with Crippen molar-refractivity contribution in [3.05, 3.63) is 63.5 Å². The standard InChI is InChI=1S/C22H22N2OS/c1-5-11-24-19-10-9-17(6-2)13-20(19)26-22(24)23-21(25)14-18-12-15(3)7-8-16(18)4/h1,7-10,12-13H,6,11,14H2,2-4H3. The van der Waals surface area contributed by atoms with Crippen molar-refractivity contribution in [1.82, 2.24) is 4.57 Å². The van der Waals surface area contributed by atoms with Crippen LogP contribution in [0.5, 0.6) is 0 Å². The zero-order chi connectivity index (χ0) is 18.7. The van der Waals surface area contributed by atoms with E-state index >= 15 is 0 Å². The van der Waals surface area contributed by atoms with Crippen LogP contribution in [0.15, 0.2) is 41.4 Å². The summed E-state index contributed by atoms with van der Waals surface area (Å²) in [6.45, 7) is 6.58. The normalized spacial score (nSPS) is 11.7. The number of aromatic nitrogens is 1. The van der Waals surface area contributed by atoms with Gasteiger partial charge in [-0.15, -0.1) is 6.42 Å². The number of thiazole rings is 1. The molecule has 0 N–H and O–H groups in total. The molecule has 2 aromatic carbocycles. The molecule has 132 valence electrons. The van der Waals surface area contributed by atoms with Gasteiger partial charge in [-0.1, -0.05) is 54.0 Å². The van der Waals surface area contributed by atoms with Crippen molar-refractivity contribution in [2.45, 2.75) is 40.2 Å². The van der Waals surface area contributed by atoms with Gasteiger partial charge in [0.1, 0.15) is 0 Å². The van der Waals surface area contributed by atoms with Crippen LogP contribution in [0.3, 0.4) is 0 Å². The first-order valence-corrected chi connectivity index (χ1v) is 9.53. The predicted molar refractivity (Wildman–Crippen MR) is 108 cm³/mol. The Labute approximate surface area is 158 Å². The van der Waals surface area contributed by atoms with Gasteiger partial charge in [0.2, 0.25) is 0 Å². The molecule has 4 heteroatoms. The van der Waals surface area contributed by atoms with E-state index in [1.54, 1.807) is 0 Å². The van der Waals surface area contributed by atoms with Crippen LogP contribution in [0, 0.1) is 26.2 Å². The lowest BCUT2D eigenvalue weighted by atomic mass is 10.0. The molecule has 1 aromatic heterocycles. The van der Waals surface area contributed by atoms with E-state index < -0.39 is 0 Å². The first-order chi connectivity index (χ1) is 12.5. The molecule has 1 amide bonds. The molecule has 0 spiro atoms. The van der Waals surface area contributed by atoms with E-state index in [9.17, 15) is 4.79 Å². The van der Waals surface area contributed by atoms with Gasteiger partial charge in [-0.3, -0.25) is 4.79 Å². The number of aryl methyl sites for hydroxylation is 3. The van der Waals surface area contributed by atoms with Crippen molar-refractivity contribution in [1.29, 1.82) is 0 Å². The number of amides is 1. The molecule has 26 heavy (non-hydrogen) atoms. The van der Waals surface area contributed by atoms with Crippen LogP contribution in [-0.2, 0) is 24.2 Å². The molecule has 0 aliphatic rings. The van der Waals surface area contributed by atoms with Gasteiger partial charge < -0.3 is 4.57 Å². The number of fused-ring (bicyclic) bond motifs is 1. The maximum absolute atomic E-state index is 12.6. The zero-order valence-electron chi connectivity index (χ0n) is 15.4. The van der Waals surface area contributed by atoms with E-state index in [0.29, 0.717) is 17.8 Å². The Kier molecular flexibility index (Phi) is 5.39. The first-order valence-electron chi connectivity index (χ1n) is 8.71. The molecular formula is C22H22N2OS. The molecule has 0 saturated carbocycles. The lowest BCUT2D eigenvalue weighted by Crippen LogP contribution is -2.17. The lowest BCUT2D eigenvalue weighted by molar-refractivity contribution is -0.117. The summed E-state index contributed by atoms with van der Waals surface area (Å²) < 4.78 is 3.05. The molecule has 0 fully saturated rings. The Morgan fingerprint density at radius 3 is 2.77 bits per heavy atom. The quantitative estimate of drug-likeness (QED) is 0.641. The summed E-state index contributed by atoms with van der Waals surface area (Å²) in [6, 6.07) is 12.5. The second-order valence-electron chi connectivity index (χ2n) is 6.44. The van der Waals surface area contributed by atoms with E-state index in [2.05, 4.69) is 48.2 Å². The molecule has 0 unspecified atom stereocenters. The largest absolute Gasteiger partial charge is 0.305 e. The van der Waals surface area contributed by atoms with Crippen molar-refractivity contribution in [3.8, 4) is 12.3 Å². The van der Waals surface area contributed by atoms with Gasteiger partial charge in [0, 0.05) is 0 Å². The van der Waals surface area contributed by atoms with Gasteiger partial charge in [-0.05, 0) is 49.1 Å². The van der Waals surface area contributed by atoms with Crippen molar-refractivity contribution in [3.63, 3.8) is 0 Å². The number of benzene rings is 2. The Hall–Kier alpha value is -2.64. The number of rotatable bonds is 4. The Morgan fingerprint density at radius 2 is 2.04 bits per heavy atom. The van der Waals surface area contributed by atoms with Gasteiger partial charge in [0.05, 0.1) is 23.2 Å². The van der Waals surface area contributed by atoms with Crippen molar-refractivity contribution >= 4 is 27.5 Å². The fourth-order valence-corrected chi connectivity index (χ4v) is 4.08. The monoisotopic (exact) mass is 362 g/mol. The second-order valence-corrected chi connectivity index (χ2v) is 7.45. The van der Waals surface area contributed by atoms with Crippen LogP contribution in [-0.4, -0.2) is 10.5 Å². The van der Waals surface area contributed by atoms with Crippen LogP contribution < -0.4 is 4.80 Å². The molecule has 3 rings (SSSR count). The van der Waals surface area contributed by atoms with Crippen molar-refractivity contribution < 1.29 is 4.79 Å². The van der Waals surface area contributed by atoms with E-state index in [0.717, 1.165) is 33.3 Å². The minimum absolute atomic E-state index is 0.147. The van der Waals surface area contributed by atoms with Crippen molar-refractivity contribution in [2.24, 2.45) is 4.99 Å². The molecule has 0 aliphatic carbocycles. The molecule has 0 atom stereocenters. The third-order valence-electron chi connectivity index (χ3n) is 4.47. The SMILES string of the molecule is C#CCn1c(=NC(=O)Cc2cc(C)ccc2C)sc2cc(CC)ccc21. The third kappa shape index (κ3) is 3.79. The average Bonchev–Trinajstić information content (AvgIpc) is 2.94. The summed E-state index contributed by atoms with van der Waals surface area (Å²) in [7, 11) is 0. The van der Waals surface area contributed by atoms with Crippen molar-refractivity contribution in [2.75, 3.05) is 0 Å². The Bertz CT molecular complexity index is 1080. The highest BCUT2D eigenvalue weighted by molar-refractivity contribution is 7.16. The molecule has 0 saturated heterocycles. The molecule has 1 heterocycles. The summed E-state index contributed by atoms with van der Waals surface area (Å²) in [4.78, 5) is 17.6.